The number of Topliss-reactive ketones (excluding diaryl/α,β-unsaturated/α-hetero) is 1. The molecule has 0 aliphatic carbocycles. The van der Waals surface area contributed by atoms with Crippen molar-refractivity contribution in [3.8, 4) is 0 Å². The summed E-state index contributed by atoms with van der Waals surface area (Å²) in [6, 6.07) is 4.99. The van der Waals surface area contributed by atoms with Crippen molar-refractivity contribution in [3.05, 3.63) is 51.3 Å². The molecule has 1 aromatic rings. The van der Waals surface area contributed by atoms with Crippen LogP contribution < -0.4 is 5.73 Å². The summed E-state index contributed by atoms with van der Waals surface area (Å²) < 4.78 is 0. The second-order valence-corrected chi connectivity index (χ2v) is 6.27. The summed E-state index contributed by atoms with van der Waals surface area (Å²) in [5.74, 6) is -1.63. The highest BCUT2D eigenvalue weighted by Gasteiger charge is 2.42. The number of hydrogen-bond acceptors (Lipinski definition) is 6. The van der Waals surface area contributed by atoms with E-state index in [1.54, 1.807) is 6.07 Å². The minimum absolute atomic E-state index is 0.0162. The summed E-state index contributed by atoms with van der Waals surface area (Å²) in [7, 11) is 0. The molecular weight excluding hydrogens is 338 g/mol. The number of ketones is 1. The first-order chi connectivity index (χ1) is 12.4. The lowest BCUT2D eigenvalue weighted by Gasteiger charge is -2.26. The molecule has 0 saturated heterocycles. The van der Waals surface area contributed by atoms with Crippen LogP contribution in [-0.2, 0) is 9.59 Å². The van der Waals surface area contributed by atoms with Crippen molar-refractivity contribution in [2.75, 3.05) is 13.1 Å². The van der Waals surface area contributed by atoms with Gasteiger partial charge < -0.3 is 15.7 Å². The first-order valence-corrected chi connectivity index (χ1v) is 8.58. The van der Waals surface area contributed by atoms with E-state index >= 15 is 0 Å². The summed E-state index contributed by atoms with van der Waals surface area (Å²) in [6.07, 6.45) is 3.37. The lowest BCUT2D eigenvalue weighted by molar-refractivity contribution is -0.384. The van der Waals surface area contributed by atoms with E-state index < -0.39 is 28.4 Å². The van der Waals surface area contributed by atoms with Gasteiger partial charge in [0.05, 0.1) is 16.5 Å². The number of carbonyl (C=O) groups is 2. The van der Waals surface area contributed by atoms with Gasteiger partial charge in [-0.25, -0.2) is 0 Å². The molecule has 1 aliphatic rings. The fourth-order valence-electron chi connectivity index (χ4n) is 3.18. The summed E-state index contributed by atoms with van der Waals surface area (Å²) in [5, 5.41) is 21.2. The minimum atomic E-state index is -0.811. The molecular formula is C18H23N3O5. The van der Waals surface area contributed by atoms with Gasteiger partial charge in [0.2, 0.25) is 0 Å². The smallest absolute Gasteiger partial charge is 0.290 e. The van der Waals surface area contributed by atoms with E-state index in [0.29, 0.717) is 25.1 Å². The monoisotopic (exact) mass is 361 g/mol. The molecule has 140 valence electrons. The Morgan fingerprint density at radius 3 is 2.62 bits per heavy atom. The van der Waals surface area contributed by atoms with Crippen LogP contribution >= 0.6 is 0 Å². The number of nitro benzene ring substituents is 1. The maximum atomic E-state index is 12.5. The predicted octanol–water partition coefficient (Wildman–Crippen LogP) is 2.40. The van der Waals surface area contributed by atoms with E-state index in [0.717, 1.165) is 19.3 Å². The lowest BCUT2D eigenvalue weighted by Crippen LogP contribution is -2.32. The molecule has 8 nitrogen and oxygen atoms in total. The molecule has 0 fully saturated rings. The fourth-order valence-corrected chi connectivity index (χ4v) is 3.18. The van der Waals surface area contributed by atoms with E-state index in [2.05, 4.69) is 0 Å². The van der Waals surface area contributed by atoms with E-state index in [1.165, 1.54) is 30.0 Å². The van der Waals surface area contributed by atoms with Gasteiger partial charge in [0, 0.05) is 18.7 Å². The van der Waals surface area contributed by atoms with Crippen LogP contribution in [0.3, 0.4) is 0 Å². The molecule has 0 aromatic heterocycles. The Hall–Kier alpha value is -2.74. The molecule has 0 bridgehead atoms. The van der Waals surface area contributed by atoms with Crippen molar-refractivity contribution in [1.82, 2.24) is 4.90 Å². The lowest BCUT2D eigenvalue weighted by atomic mass is 9.96. The number of amides is 1. The van der Waals surface area contributed by atoms with Crippen molar-refractivity contribution < 1.29 is 19.6 Å². The van der Waals surface area contributed by atoms with Crippen LogP contribution in [0, 0.1) is 10.1 Å². The van der Waals surface area contributed by atoms with Gasteiger partial charge in [-0.2, -0.15) is 0 Å². The van der Waals surface area contributed by atoms with Gasteiger partial charge in [0.25, 0.3) is 11.6 Å². The largest absolute Gasteiger partial charge is 0.503 e. The number of non-ortho nitro benzene ring substituents is 1. The Bertz CT molecular complexity index is 744. The highest BCUT2D eigenvalue weighted by atomic mass is 16.6. The van der Waals surface area contributed by atoms with Crippen molar-refractivity contribution in [2.24, 2.45) is 5.73 Å². The number of unbranched alkanes of at least 4 members (excludes halogenated alkanes) is 3. The van der Waals surface area contributed by atoms with Crippen LogP contribution in [0.2, 0.25) is 0 Å². The molecule has 1 heterocycles. The number of benzene rings is 1. The Morgan fingerprint density at radius 1 is 1.31 bits per heavy atom. The van der Waals surface area contributed by atoms with E-state index in [9.17, 15) is 24.8 Å². The van der Waals surface area contributed by atoms with Gasteiger partial charge in [-0.05, 0) is 31.9 Å². The number of carbonyl (C=O) groups excluding carboxylic acids is 2. The highest BCUT2D eigenvalue weighted by Crippen LogP contribution is 2.38. The number of aliphatic hydroxyl groups excluding tert-OH is 1. The third kappa shape index (κ3) is 4.08. The quantitative estimate of drug-likeness (QED) is 0.395. The molecule has 0 saturated carbocycles. The van der Waals surface area contributed by atoms with E-state index in [4.69, 9.17) is 5.73 Å². The molecule has 1 amide bonds. The first kappa shape index (κ1) is 19.6. The standard InChI is InChI=1S/C18H23N3O5/c1-12(22)15-16(13-7-6-8-14(11-13)21(25)26)20(18(24)17(15)23)10-5-3-2-4-9-19/h6-8,11,16,23H,2-5,9-10,19H2,1H3. The molecule has 0 radical (unpaired) electrons. The molecule has 26 heavy (non-hydrogen) atoms. The van der Waals surface area contributed by atoms with Crippen molar-refractivity contribution in [3.63, 3.8) is 0 Å². The number of aliphatic hydroxyl groups is 1. The zero-order chi connectivity index (χ0) is 19.3. The van der Waals surface area contributed by atoms with Gasteiger partial charge >= 0.3 is 0 Å². The average Bonchev–Trinajstić information content (AvgIpc) is 2.86. The summed E-state index contributed by atoms with van der Waals surface area (Å²) >= 11 is 0. The van der Waals surface area contributed by atoms with Gasteiger partial charge in [-0.15, -0.1) is 0 Å². The molecule has 1 atom stereocenters. The molecule has 1 unspecified atom stereocenters. The van der Waals surface area contributed by atoms with Crippen molar-refractivity contribution >= 4 is 17.4 Å². The van der Waals surface area contributed by atoms with Crippen LogP contribution in [0.15, 0.2) is 35.6 Å². The third-order valence-corrected chi connectivity index (χ3v) is 4.43. The Kier molecular flexibility index (Phi) is 6.46. The van der Waals surface area contributed by atoms with Gasteiger partial charge in [-0.1, -0.05) is 25.0 Å². The van der Waals surface area contributed by atoms with E-state index in [1.807, 2.05) is 0 Å². The number of hydrogen-bond donors (Lipinski definition) is 2. The molecule has 0 spiro atoms. The zero-order valence-corrected chi connectivity index (χ0v) is 14.7. The highest BCUT2D eigenvalue weighted by molar-refractivity contribution is 6.08. The van der Waals surface area contributed by atoms with Crippen LogP contribution in [0.5, 0.6) is 0 Å². The second-order valence-electron chi connectivity index (χ2n) is 6.27. The van der Waals surface area contributed by atoms with Gasteiger partial charge in [-0.3, -0.25) is 19.7 Å². The van der Waals surface area contributed by atoms with Gasteiger partial charge in [0.1, 0.15) is 0 Å². The minimum Gasteiger partial charge on any atom is -0.503 e. The molecule has 8 heteroatoms. The number of nitrogens with two attached hydrogens (primary N) is 1. The summed E-state index contributed by atoms with van der Waals surface area (Å²) in [4.78, 5) is 36.4. The molecule has 1 aliphatic heterocycles. The topological polar surface area (TPSA) is 127 Å². The summed E-state index contributed by atoms with van der Waals surface area (Å²) in [5.41, 5.74) is 5.75. The first-order valence-electron chi connectivity index (χ1n) is 8.58. The number of nitro groups is 1. The fraction of sp³-hybridized carbons (Fsp3) is 0.444. The third-order valence-electron chi connectivity index (χ3n) is 4.43. The second kappa shape index (κ2) is 8.57. The zero-order valence-electron chi connectivity index (χ0n) is 14.7. The Morgan fingerprint density at radius 2 is 2.00 bits per heavy atom. The Labute approximate surface area is 151 Å². The van der Waals surface area contributed by atoms with Gasteiger partial charge in [0.15, 0.2) is 11.5 Å². The van der Waals surface area contributed by atoms with E-state index in [-0.39, 0.29) is 11.3 Å². The van der Waals surface area contributed by atoms with Crippen LogP contribution in [0.25, 0.3) is 0 Å². The number of rotatable bonds is 9. The normalized spacial score (nSPS) is 17.1. The average molecular weight is 361 g/mol. The maximum absolute atomic E-state index is 12.5. The van der Waals surface area contributed by atoms with Crippen LogP contribution in [0.1, 0.15) is 44.2 Å². The summed E-state index contributed by atoms with van der Waals surface area (Å²) in [6.45, 7) is 2.22. The Balaban J connectivity index is 2.32. The number of nitrogens with zero attached hydrogens (tertiary/aromatic N) is 2. The maximum Gasteiger partial charge on any atom is 0.290 e. The molecule has 1 aromatic carbocycles. The van der Waals surface area contributed by atoms with Crippen molar-refractivity contribution in [2.45, 2.75) is 38.6 Å². The van der Waals surface area contributed by atoms with Crippen LogP contribution in [0.4, 0.5) is 5.69 Å². The SMILES string of the molecule is CC(=O)C1=C(O)C(=O)N(CCCCCCN)C1c1cccc([N+](=O)[O-])c1. The molecule has 2 rings (SSSR count). The van der Waals surface area contributed by atoms with Crippen LogP contribution in [-0.4, -0.2) is 39.7 Å². The van der Waals surface area contributed by atoms with Crippen molar-refractivity contribution in [1.29, 1.82) is 0 Å². The molecule has 3 N–H and O–H groups in total. The predicted molar refractivity (Wildman–Crippen MR) is 95.4 cm³/mol.